The standard InChI is InChI=1S/C18H30N2/c1-6-18(5)13-20(17(11-19-18)14(2)3)12-16-9-7-15(4)8-10-16/h7-10,14,17,19H,6,11-13H2,1-5H3. The maximum Gasteiger partial charge on any atom is 0.0278 e. The zero-order chi connectivity index (χ0) is 14.8. The molecule has 0 radical (unpaired) electrons. The van der Waals surface area contributed by atoms with Crippen LogP contribution in [-0.2, 0) is 6.54 Å². The molecule has 0 spiro atoms. The number of hydrogen-bond acceptors (Lipinski definition) is 2. The second kappa shape index (κ2) is 6.28. The molecule has 0 saturated carbocycles. The smallest absolute Gasteiger partial charge is 0.0278 e. The van der Waals surface area contributed by atoms with E-state index in [1.807, 2.05) is 0 Å². The first-order chi connectivity index (χ1) is 9.43. The molecule has 0 aliphatic carbocycles. The quantitative estimate of drug-likeness (QED) is 0.902. The Hall–Kier alpha value is -0.860. The van der Waals surface area contributed by atoms with Crippen molar-refractivity contribution < 1.29 is 0 Å². The van der Waals surface area contributed by atoms with Crippen LogP contribution in [0.5, 0.6) is 0 Å². The van der Waals surface area contributed by atoms with Crippen molar-refractivity contribution in [3.63, 3.8) is 0 Å². The van der Waals surface area contributed by atoms with Crippen molar-refractivity contribution in [1.82, 2.24) is 10.2 Å². The van der Waals surface area contributed by atoms with Gasteiger partial charge in [0.25, 0.3) is 0 Å². The minimum atomic E-state index is 0.260. The number of nitrogens with one attached hydrogen (secondary N) is 1. The summed E-state index contributed by atoms with van der Waals surface area (Å²) in [5, 5.41) is 3.76. The summed E-state index contributed by atoms with van der Waals surface area (Å²) in [6.45, 7) is 14.8. The molecule has 1 aliphatic rings. The molecule has 0 bridgehead atoms. The fourth-order valence-electron chi connectivity index (χ4n) is 3.10. The number of hydrogen-bond donors (Lipinski definition) is 1. The average molecular weight is 274 g/mol. The van der Waals surface area contributed by atoms with Gasteiger partial charge in [-0.15, -0.1) is 0 Å². The van der Waals surface area contributed by atoms with Crippen molar-refractivity contribution in [2.75, 3.05) is 13.1 Å². The molecule has 1 aromatic carbocycles. The summed E-state index contributed by atoms with van der Waals surface area (Å²) < 4.78 is 0. The highest BCUT2D eigenvalue weighted by molar-refractivity contribution is 5.21. The third-order valence-corrected chi connectivity index (χ3v) is 4.82. The molecule has 2 heteroatoms. The highest BCUT2D eigenvalue weighted by Gasteiger charge is 2.35. The molecule has 1 heterocycles. The second-order valence-corrected chi connectivity index (χ2v) is 7.00. The summed E-state index contributed by atoms with van der Waals surface area (Å²) in [7, 11) is 0. The fraction of sp³-hybridized carbons (Fsp3) is 0.667. The predicted molar refractivity (Wildman–Crippen MR) is 86.9 cm³/mol. The van der Waals surface area contributed by atoms with Gasteiger partial charge in [0, 0.05) is 31.2 Å². The minimum absolute atomic E-state index is 0.260. The lowest BCUT2D eigenvalue weighted by molar-refractivity contribution is 0.0539. The normalized spacial score (nSPS) is 28.0. The molecule has 2 atom stereocenters. The monoisotopic (exact) mass is 274 g/mol. The molecule has 1 N–H and O–H groups in total. The van der Waals surface area contributed by atoms with E-state index in [0.29, 0.717) is 12.0 Å². The van der Waals surface area contributed by atoms with Gasteiger partial charge in [-0.1, -0.05) is 50.6 Å². The van der Waals surface area contributed by atoms with Crippen molar-refractivity contribution in [3.8, 4) is 0 Å². The van der Waals surface area contributed by atoms with E-state index >= 15 is 0 Å². The lowest BCUT2D eigenvalue weighted by Gasteiger charge is -2.47. The number of nitrogens with zero attached hydrogens (tertiary/aromatic N) is 1. The molecule has 1 fully saturated rings. The Balaban J connectivity index is 2.13. The van der Waals surface area contributed by atoms with Crippen LogP contribution in [0.4, 0.5) is 0 Å². The van der Waals surface area contributed by atoms with Gasteiger partial charge in [-0.25, -0.2) is 0 Å². The van der Waals surface area contributed by atoms with Crippen LogP contribution >= 0.6 is 0 Å². The fourth-order valence-corrected chi connectivity index (χ4v) is 3.10. The van der Waals surface area contributed by atoms with E-state index in [0.717, 1.165) is 19.6 Å². The Morgan fingerprint density at radius 2 is 1.95 bits per heavy atom. The Kier molecular flexibility index (Phi) is 4.87. The molecule has 112 valence electrons. The van der Waals surface area contributed by atoms with Gasteiger partial charge >= 0.3 is 0 Å². The van der Waals surface area contributed by atoms with Gasteiger partial charge in [0.1, 0.15) is 0 Å². The lowest BCUT2D eigenvalue weighted by atomic mass is 9.89. The summed E-state index contributed by atoms with van der Waals surface area (Å²) in [6.07, 6.45) is 1.18. The Bertz CT molecular complexity index is 424. The first kappa shape index (κ1) is 15.5. The van der Waals surface area contributed by atoms with Crippen molar-refractivity contribution in [1.29, 1.82) is 0 Å². The van der Waals surface area contributed by atoms with E-state index in [2.05, 4.69) is 69.1 Å². The first-order valence-corrected chi connectivity index (χ1v) is 7.98. The number of rotatable bonds is 4. The summed E-state index contributed by atoms with van der Waals surface area (Å²) >= 11 is 0. The van der Waals surface area contributed by atoms with E-state index in [4.69, 9.17) is 0 Å². The van der Waals surface area contributed by atoms with E-state index in [1.165, 1.54) is 17.5 Å². The van der Waals surface area contributed by atoms with Crippen molar-refractivity contribution in [2.45, 2.75) is 59.2 Å². The van der Waals surface area contributed by atoms with Gasteiger partial charge in [-0.2, -0.15) is 0 Å². The van der Waals surface area contributed by atoms with Crippen LogP contribution in [-0.4, -0.2) is 29.6 Å². The van der Waals surface area contributed by atoms with E-state index < -0.39 is 0 Å². The highest BCUT2D eigenvalue weighted by Crippen LogP contribution is 2.24. The van der Waals surface area contributed by atoms with Gasteiger partial charge in [-0.05, 0) is 31.7 Å². The van der Waals surface area contributed by atoms with E-state index in [9.17, 15) is 0 Å². The summed E-state index contributed by atoms with van der Waals surface area (Å²) in [4.78, 5) is 2.68. The van der Waals surface area contributed by atoms with Gasteiger partial charge < -0.3 is 5.32 Å². The molecular formula is C18H30N2. The van der Waals surface area contributed by atoms with Gasteiger partial charge in [0.2, 0.25) is 0 Å². The molecule has 2 rings (SSSR count). The van der Waals surface area contributed by atoms with Crippen molar-refractivity contribution in [3.05, 3.63) is 35.4 Å². The molecule has 1 aromatic rings. The third kappa shape index (κ3) is 3.62. The van der Waals surface area contributed by atoms with Crippen LogP contribution in [0, 0.1) is 12.8 Å². The molecule has 1 aliphatic heterocycles. The molecule has 1 saturated heterocycles. The zero-order valence-electron chi connectivity index (χ0n) is 13.7. The topological polar surface area (TPSA) is 15.3 Å². The number of aryl methyl sites for hydroxylation is 1. The number of benzene rings is 1. The average Bonchev–Trinajstić information content (AvgIpc) is 2.41. The molecule has 0 amide bonds. The summed E-state index contributed by atoms with van der Waals surface area (Å²) in [6, 6.07) is 9.63. The predicted octanol–water partition coefficient (Wildman–Crippen LogP) is 3.59. The van der Waals surface area contributed by atoms with Crippen molar-refractivity contribution in [2.24, 2.45) is 5.92 Å². The van der Waals surface area contributed by atoms with E-state index in [1.54, 1.807) is 0 Å². The highest BCUT2D eigenvalue weighted by atomic mass is 15.3. The molecule has 2 unspecified atom stereocenters. The van der Waals surface area contributed by atoms with Gasteiger partial charge in [-0.3, -0.25) is 4.90 Å². The third-order valence-electron chi connectivity index (χ3n) is 4.82. The minimum Gasteiger partial charge on any atom is -0.309 e. The maximum atomic E-state index is 3.76. The zero-order valence-corrected chi connectivity index (χ0v) is 13.7. The molecule has 20 heavy (non-hydrogen) atoms. The van der Waals surface area contributed by atoms with Crippen LogP contribution in [0.25, 0.3) is 0 Å². The van der Waals surface area contributed by atoms with Crippen LogP contribution in [0.3, 0.4) is 0 Å². The summed E-state index contributed by atoms with van der Waals surface area (Å²) in [5.41, 5.74) is 3.03. The Morgan fingerprint density at radius 1 is 1.30 bits per heavy atom. The van der Waals surface area contributed by atoms with Gasteiger partial charge in [0.15, 0.2) is 0 Å². The Morgan fingerprint density at radius 3 is 2.50 bits per heavy atom. The first-order valence-electron chi connectivity index (χ1n) is 7.98. The molecule has 2 nitrogen and oxygen atoms in total. The van der Waals surface area contributed by atoms with Crippen LogP contribution in [0.1, 0.15) is 45.2 Å². The van der Waals surface area contributed by atoms with Crippen LogP contribution in [0.15, 0.2) is 24.3 Å². The maximum absolute atomic E-state index is 3.76. The van der Waals surface area contributed by atoms with Crippen molar-refractivity contribution >= 4 is 0 Å². The second-order valence-electron chi connectivity index (χ2n) is 7.00. The van der Waals surface area contributed by atoms with Crippen LogP contribution in [0.2, 0.25) is 0 Å². The van der Waals surface area contributed by atoms with E-state index in [-0.39, 0.29) is 5.54 Å². The van der Waals surface area contributed by atoms with Crippen LogP contribution < -0.4 is 5.32 Å². The largest absolute Gasteiger partial charge is 0.309 e. The Labute approximate surface area is 124 Å². The SMILES string of the molecule is CCC1(C)CN(Cc2ccc(C)cc2)C(C(C)C)CN1. The molecule has 0 aromatic heterocycles. The summed E-state index contributed by atoms with van der Waals surface area (Å²) in [5.74, 6) is 0.689. The number of piperazine rings is 1. The molecular weight excluding hydrogens is 244 g/mol. The van der Waals surface area contributed by atoms with Gasteiger partial charge in [0.05, 0.1) is 0 Å². The lowest BCUT2D eigenvalue weighted by Crippen LogP contribution is -2.63.